The van der Waals surface area contributed by atoms with Crippen molar-refractivity contribution >= 4 is 0 Å². The minimum Gasteiger partial charge on any atom is -0.361 e. The second kappa shape index (κ2) is 10.8. The van der Waals surface area contributed by atoms with Gasteiger partial charge < -0.3 is 13.6 Å². The van der Waals surface area contributed by atoms with Crippen LogP contribution < -0.4 is 0 Å². The largest absolute Gasteiger partial charge is 0.361 e. The molecule has 3 aromatic rings. The summed E-state index contributed by atoms with van der Waals surface area (Å²) >= 11 is 0. The Kier molecular flexibility index (Phi) is 9.16. The molecule has 28 heavy (non-hydrogen) atoms. The summed E-state index contributed by atoms with van der Waals surface area (Å²) < 4.78 is 14.9. The fraction of sp³-hybridized carbons (Fsp3) is 0.591. The van der Waals surface area contributed by atoms with Crippen molar-refractivity contribution < 1.29 is 13.6 Å². The van der Waals surface area contributed by atoms with E-state index in [-0.39, 0.29) is 0 Å². The summed E-state index contributed by atoms with van der Waals surface area (Å²) in [6.45, 7) is 20.4. The molecular weight excluding hydrogens is 354 g/mol. The molecule has 0 saturated heterocycles. The molecule has 6 nitrogen and oxygen atoms in total. The predicted molar refractivity (Wildman–Crippen MR) is 111 cm³/mol. The summed E-state index contributed by atoms with van der Waals surface area (Å²) in [6.07, 6.45) is 0. The monoisotopic (exact) mass is 389 g/mol. The van der Waals surface area contributed by atoms with Crippen LogP contribution in [0.15, 0.2) is 25.7 Å². The Morgan fingerprint density at radius 3 is 1.54 bits per heavy atom. The van der Waals surface area contributed by atoms with Gasteiger partial charge in [-0.1, -0.05) is 57.0 Å². The van der Waals surface area contributed by atoms with Gasteiger partial charge in [-0.3, -0.25) is 0 Å². The van der Waals surface area contributed by atoms with Crippen LogP contribution >= 0.6 is 0 Å². The standard InChI is InChI=1S/C8H13NO.2C7H11NO/c1-5(2)8-6(3)9-10-7(8)4;1-5(2)7-4-6(3)9-8-7;1-5(2)7-4-6(3)8-9-7/h5H,1-4H3;2*4-5H,1-3H3. The molecule has 0 aromatic carbocycles. The van der Waals surface area contributed by atoms with E-state index in [2.05, 4.69) is 57.0 Å². The molecule has 3 heterocycles. The lowest BCUT2D eigenvalue weighted by Gasteiger charge is -2.00. The van der Waals surface area contributed by atoms with E-state index in [0.29, 0.717) is 17.8 Å². The van der Waals surface area contributed by atoms with Crippen LogP contribution in [-0.4, -0.2) is 15.5 Å². The van der Waals surface area contributed by atoms with Crippen LogP contribution in [0.5, 0.6) is 0 Å². The SMILES string of the molecule is Cc1cc(C(C)C)no1.Cc1cc(C(C)C)on1.Cc1noc(C)c1C(C)C. The molecule has 0 N–H and O–H groups in total. The van der Waals surface area contributed by atoms with Gasteiger partial charge in [0, 0.05) is 23.6 Å². The molecule has 0 spiro atoms. The zero-order chi connectivity index (χ0) is 21.4. The Hall–Kier alpha value is -2.37. The molecule has 3 rings (SSSR count). The van der Waals surface area contributed by atoms with Crippen LogP contribution in [0.1, 0.15) is 99.2 Å². The first-order chi connectivity index (χ1) is 13.0. The molecule has 0 fully saturated rings. The Labute approximate surface area is 168 Å². The summed E-state index contributed by atoms with van der Waals surface area (Å²) in [5, 5.41) is 11.5. The zero-order valence-electron chi connectivity index (χ0n) is 19.0. The normalized spacial score (nSPS) is 10.8. The van der Waals surface area contributed by atoms with Gasteiger partial charge in [-0.2, -0.15) is 0 Å². The first kappa shape index (κ1) is 23.7. The van der Waals surface area contributed by atoms with Gasteiger partial charge in [-0.25, -0.2) is 0 Å². The third-order valence-corrected chi connectivity index (χ3v) is 4.12. The molecule has 0 aliphatic rings. The summed E-state index contributed by atoms with van der Waals surface area (Å²) in [4.78, 5) is 0. The highest BCUT2D eigenvalue weighted by molar-refractivity contribution is 5.23. The average molecular weight is 390 g/mol. The van der Waals surface area contributed by atoms with Gasteiger partial charge in [0.1, 0.15) is 17.3 Å². The molecule has 0 amide bonds. The summed E-state index contributed by atoms with van der Waals surface area (Å²) in [7, 11) is 0. The summed E-state index contributed by atoms with van der Waals surface area (Å²) in [5.41, 5.74) is 4.26. The van der Waals surface area contributed by atoms with Crippen molar-refractivity contribution in [2.24, 2.45) is 0 Å². The topological polar surface area (TPSA) is 78.1 Å². The molecule has 6 heteroatoms. The Bertz CT molecular complexity index is 762. The van der Waals surface area contributed by atoms with Gasteiger partial charge in [0.15, 0.2) is 0 Å². The lowest BCUT2D eigenvalue weighted by atomic mass is 10.0. The van der Waals surface area contributed by atoms with E-state index in [1.807, 2.05) is 39.8 Å². The Balaban J connectivity index is 0.000000210. The number of aromatic nitrogens is 3. The highest BCUT2D eigenvalue weighted by atomic mass is 16.5. The van der Waals surface area contributed by atoms with Crippen molar-refractivity contribution in [1.29, 1.82) is 0 Å². The van der Waals surface area contributed by atoms with E-state index in [1.54, 1.807) is 0 Å². The average Bonchev–Trinajstić information content (AvgIpc) is 3.29. The summed E-state index contributed by atoms with van der Waals surface area (Å²) in [5.74, 6) is 4.25. The third kappa shape index (κ3) is 7.33. The highest BCUT2D eigenvalue weighted by Crippen LogP contribution is 2.21. The maximum absolute atomic E-state index is 5.01. The van der Waals surface area contributed by atoms with Crippen LogP contribution in [0, 0.1) is 27.7 Å². The van der Waals surface area contributed by atoms with Crippen LogP contribution in [0.4, 0.5) is 0 Å². The van der Waals surface area contributed by atoms with E-state index in [4.69, 9.17) is 13.6 Å². The predicted octanol–water partition coefficient (Wildman–Crippen LogP) is 6.63. The smallest absolute Gasteiger partial charge is 0.139 e. The molecule has 0 aliphatic heterocycles. The number of hydrogen-bond acceptors (Lipinski definition) is 6. The fourth-order valence-corrected chi connectivity index (χ4v) is 2.63. The maximum atomic E-state index is 5.01. The zero-order valence-corrected chi connectivity index (χ0v) is 19.0. The molecular formula is C22H35N3O3. The second-order valence-corrected chi connectivity index (χ2v) is 7.94. The molecule has 0 bridgehead atoms. The van der Waals surface area contributed by atoms with Crippen molar-refractivity contribution in [3.05, 3.63) is 52.1 Å². The molecule has 156 valence electrons. The van der Waals surface area contributed by atoms with Gasteiger partial charge >= 0.3 is 0 Å². The molecule has 3 aromatic heterocycles. The molecule has 0 saturated carbocycles. The molecule has 0 unspecified atom stereocenters. The van der Waals surface area contributed by atoms with Gasteiger partial charge in [0.25, 0.3) is 0 Å². The Morgan fingerprint density at radius 2 is 1.32 bits per heavy atom. The lowest BCUT2D eigenvalue weighted by Crippen LogP contribution is -1.89. The summed E-state index contributed by atoms with van der Waals surface area (Å²) in [6, 6.07) is 3.93. The van der Waals surface area contributed by atoms with E-state index in [1.165, 1.54) is 5.56 Å². The van der Waals surface area contributed by atoms with E-state index < -0.39 is 0 Å². The third-order valence-electron chi connectivity index (χ3n) is 4.12. The second-order valence-electron chi connectivity index (χ2n) is 7.94. The quantitative estimate of drug-likeness (QED) is 0.500. The minimum absolute atomic E-state index is 0.450. The minimum atomic E-state index is 0.450. The number of hydrogen-bond donors (Lipinski definition) is 0. The van der Waals surface area contributed by atoms with Crippen molar-refractivity contribution in [1.82, 2.24) is 15.5 Å². The lowest BCUT2D eigenvalue weighted by molar-refractivity contribution is 0.368. The molecule has 0 atom stereocenters. The first-order valence-corrected chi connectivity index (χ1v) is 9.82. The van der Waals surface area contributed by atoms with E-state index in [9.17, 15) is 0 Å². The maximum Gasteiger partial charge on any atom is 0.139 e. The van der Waals surface area contributed by atoms with Crippen molar-refractivity contribution in [3.8, 4) is 0 Å². The first-order valence-electron chi connectivity index (χ1n) is 9.82. The highest BCUT2D eigenvalue weighted by Gasteiger charge is 2.11. The van der Waals surface area contributed by atoms with Crippen LogP contribution in [0.25, 0.3) is 0 Å². The van der Waals surface area contributed by atoms with Gasteiger partial charge in [0.05, 0.1) is 17.1 Å². The van der Waals surface area contributed by atoms with Gasteiger partial charge in [-0.05, 0) is 39.5 Å². The fourth-order valence-electron chi connectivity index (χ4n) is 2.63. The molecule has 0 radical (unpaired) electrons. The van der Waals surface area contributed by atoms with Gasteiger partial charge in [0.2, 0.25) is 0 Å². The number of rotatable bonds is 3. The van der Waals surface area contributed by atoms with Crippen molar-refractivity contribution in [3.63, 3.8) is 0 Å². The number of aryl methyl sites for hydroxylation is 4. The van der Waals surface area contributed by atoms with Crippen molar-refractivity contribution in [2.75, 3.05) is 0 Å². The van der Waals surface area contributed by atoms with Crippen LogP contribution in [0.3, 0.4) is 0 Å². The van der Waals surface area contributed by atoms with Crippen LogP contribution in [0.2, 0.25) is 0 Å². The van der Waals surface area contributed by atoms with Gasteiger partial charge in [-0.15, -0.1) is 0 Å². The Morgan fingerprint density at radius 1 is 0.679 bits per heavy atom. The van der Waals surface area contributed by atoms with E-state index in [0.717, 1.165) is 34.4 Å². The molecule has 0 aliphatic carbocycles. The van der Waals surface area contributed by atoms with Crippen molar-refractivity contribution in [2.45, 2.75) is 87.0 Å². The number of nitrogens with zero attached hydrogens (tertiary/aromatic N) is 3. The van der Waals surface area contributed by atoms with E-state index >= 15 is 0 Å². The van der Waals surface area contributed by atoms with Crippen LogP contribution in [-0.2, 0) is 0 Å².